The molecule has 0 bridgehead atoms. The maximum atomic E-state index is 12.7. The number of esters is 3. The predicted octanol–water partition coefficient (Wildman–Crippen LogP) is 5.11. The Hall–Kier alpha value is -4.89. The molecule has 9 nitrogen and oxygen atoms in total. The number of hydrogen-bond donors (Lipinski definition) is 0. The molecular weight excluding hydrogens is 528 g/mol. The Morgan fingerprint density at radius 2 is 1.17 bits per heavy atom. The van der Waals surface area contributed by atoms with Crippen molar-refractivity contribution in [1.29, 1.82) is 0 Å². The summed E-state index contributed by atoms with van der Waals surface area (Å²) in [6.45, 7) is 9.92. The van der Waals surface area contributed by atoms with Crippen molar-refractivity contribution in [3.05, 3.63) is 103 Å². The van der Waals surface area contributed by atoms with E-state index in [1.54, 1.807) is 30.3 Å². The zero-order valence-electron chi connectivity index (χ0n) is 22.8. The van der Waals surface area contributed by atoms with E-state index in [0.29, 0.717) is 36.0 Å². The molecule has 0 unspecified atom stereocenters. The minimum Gasteiger partial charge on any atom is -0.491 e. The normalized spacial score (nSPS) is 10.3. The second-order valence-electron chi connectivity index (χ2n) is 8.47. The maximum absolute atomic E-state index is 12.7. The Labute approximate surface area is 238 Å². The van der Waals surface area contributed by atoms with Gasteiger partial charge in [-0.1, -0.05) is 31.4 Å². The molecule has 0 amide bonds. The SMILES string of the molecule is C=CC(=O)OCCOCCOc1ccc(C(=O)Oc2ccc(-c3ccc(OCCOC(=O)C=C)cc3)cc2C)cc1. The molecule has 0 fully saturated rings. The number of rotatable bonds is 16. The first kappa shape index (κ1) is 30.6. The summed E-state index contributed by atoms with van der Waals surface area (Å²) in [4.78, 5) is 34.7. The van der Waals surface area contributed by atoms with Crippen LogP contribution in [-0.2, 0) is 23.8 Å². The van der Waals surface area contributed by atoms with Crippen molar-refractivity contribution in [2.24, 2.45) is 0 Å². The highest BCUT2D eigenvalue weighted by atomic mass is 16.6. The first-order valence-corrected chi connectivity index (χ1v) is 12.8. The van der Waals surface area contributed by atoms with Crippen LogP contribution in [0.25, 0.3) is 11.1 Å². The minimum absolute atomic E-state index is 0.137. The molecule has 0 N–H and O–H groups in total. The van der Waals surface area contributed by atoms with Gasteiger partial charge in [-0.15, -0.1) is 0 Å². The molecule has 0 aromatic heterocycles. The monoisotopic (exact) mass is 560 g/mol. The average molecular weight is 561 g/mol. The van der Waals surface area contributed by atoms with Crippen LogP contribution in [-0.4, -0.2) is 57.5 Å². The van der Waals surface area contributed by atoms with Crippen LogP contribution in [0, 0.1) is 6.92 Å². The Morgan fingerprint density at radius 1 is 0.659 bits per heavy atom. The summed E-state index contributed by atoms with van der Waals surface area (Å²) in [5, 5.41) is 0. The van der Waals surface area contributed by atoms with Gasteiger partial charge in [-0.2, -0.15) is 0 Å². The summed E-state index contributed by atoms with van der Waals surface area (Å²) in [7, 11) is 0. The summed E-state index contributed by atoms with van der Waals surface area (Å²) in [6.07, 6.45) is 2.20. The van der Waals surface area contributed by atoms with Crippen LogP contribution in [0.1, 0.15) is 15.9 Å². The van der Waals surface area contributed by atoms with Gasteiger partial charge in [0.2, 0.25) is 0 Å². The van der Waals surface area contributed by atoms with E-state index in [-0.39, 0.29) is 26.4 Å². The zero-order valence-corrected chi connectivity index (χ0v) is 22.8. The third-order valence-electron chi connectivity index (χ3n) is 5.55. The molecule has 0 saturated carbocycles. The Balaban J connectivity index is 1.45. The molecule has 214 valence electrons. The number of ether oxygens (including phenoxy) is 6. The fourth-order valence-corrected chi connectivity index (χ4v) is 3.47. The zero-order chi connectivity index (χ0) is 29.5. The highest BCUT2D eigenvalue weighted by Crippen LogP contribution is 2.28. The van der Waals surface area contributed by atoms with Crippen molar-refractivity contribution >= 4 is 17.9 Å². The Kier molecular flexibility index (Phi) is 12.2. The van der Waals surface area contributed by atoms with E-state index in [4.69, 9.17) is 28.4 Å². The van der Waals surface area contributed by atoms with E-state index < -0.39 is 17.9 Å². The molecule has 9 heteroatoms. The molecule has 0 radical (unpaired) electrons. The summed E-state index contributed by atoms with van der Waals surface area (Å²) in [5.41, 5.74) is 3.11. The van der Waals surface area contributed by atoms with Crippen LogP contribution >= 0.6 is 0 Å². The lowest BCUT2D eigenvalue weighted by molar-refractivity contribution is -0.139. The molecule has 3 rings (SSSR count). The standard InChI is InChI=1S/C32H32O9/c1-4-30(33)39-19-17-36-16-18-37-28-13-8-25(9-14-28)32(35)41-29-15-10-26(22-23(29)3)24-6-11-27(12-7-24)38-20-21-40-31(34)5-2/h4-15,22H,1-2,16-21H2,3H3. The van der Waals surface area contributed by atoms with E-state index in [2.05, 4.69) is 13.2 Å². The highest BCUT2D eigenvalue weighted by molar-refractivity contribution is 5.91. The first-order valence-electron chi connectivity index (χ1n) is 12.8. The van der Waals surface area contributed by atoms with E-state index in [1.807, 2.05) is 43.3 Å². The van der Waals surface area contributed by atoms with Crippen LogP contribution < -0.4 is 14.2 Å². The van der Waals surface area contributed by atoms with Crippen molar-refractivity contribution < 1.29 is 42.8 Å². The van der Waals surface area contributed by atoms with E-state index in [9.17, 15) is 14.4 Å². The molecule has 3 aromatic carbocycles. The molecule has 0 heterocycles. The number of hydrogen-bond acceptors (Lipinski definition) is 9. The van der Waals surface area contributed by atoms with Gasteiger partial charge >= 0.3 is 17.9 Å². The maximum Gasteiger partial charge on any atom is 0.343 e. The van der Waals surface area contributed by atoms with E-state index in [1.165, 1.54) is 0 Å². The average Bonchev–Trinajstić information content (AvgIpc) is 3.00. The largest absolute Gasteiger partial charge is 0.491 e. The van der Waals surface area contributed by atoms with Crippen LogP contribution in [0.2, 0.25) is 0 Å². The molecule has 0 saturated heterocycles. The predicted molar refractivity (Wildman–Crippen MR) is 152 cm³/mol. The summed E-state index contributed by atoms with van der Waals surface area (Å²) >= 11 is 0. The van der Waals surface area contributed by atoms with Crippen LogP contribution in [0.4, 0.5) is 0 Å². The fraction of sp³-hybridized carbons (Fsp3) is 0.219. The molecule has 41 heavy (non-hydrogen) atoms. The number of carbonyl (C=O) groups is 3. The molecular formula is C32H32O9. The number of carbonyl (C=O) groups excluding carboxylic acids is 3. The van der Waals surface area contributed by atoms with Crippen molar-refractivity contribution in [3.63, 3.8) is 0 Å². The molecule has 0 spiro atoms. The van der Waals surface area contributed by atoms with Crippen molar-refractivity contribution in [1.82, 2.24) is 0 Å². The van der Waals surface area contributed by atoms with Gasteiger partial charge in [-0.05, 0) is 72.1 Å². The third-order valence-corrected chi connectivity index (χ3v) is 5.55. The number of aryl methyl sites for hydroxylation is 1. The molecule has 3 aromatic rings. The Bertz CT molecular complexity index is 1330. The smallest absolute Gasteiger partial charge is 0.343 e. The van der Waals surface area contributed by atoms with Gasteiger partial charge < -0.3 is 28.4 Å². The first-order chi connectivity index (χ1) is 19.9. The van der Waals surface area contributed by atoms with Gasteiger partial charge in [0, 0.05) is 12.2 Å². The molecule has 0 atom stereocenters. The van der Waals surface area contributed by atoms with Gasteiger partial charge in [-0.25, -0.2) is 14.4 Å². The van der Waals surface area contributed by atoms with Gasteiger partial charge in [0.1, 0.15) is 43.7 Å². The lowest BCUT2D eigenvalue weighted by Gasteiger charge is -2.11. The third kappa shape index (κ3) is 10.3. The summed E-state index contributed by atoms with van der Waals surface area (Å²) in [5.74, 6) is 0.232. The van der Waals surface area contributed by atoms with E-state index >= 15 is 0 Å². The lowest BCUT2D eigenvalue weighted by atomic mass is 10.0. The van der Waals surface area contributed by atoms with Gasteiger partial charge in [0.25, 0.3) is 0 Å². The molecule has 0 aliphatic rings. The van der Waals surface area contributed by atoms with Crippen LogP contribution in [0.3, 0.4) is 0 Å². The van der Waals surface area contributed by atoms with Crippen LogP contribution in [0.5, 0.6) is 17.2 Å². The second kappa shape index (κ2) is 16.3. The second-order valence-corrected chi connectivity index (χ2v) is 8.47. The fourth-order valence-electron chi connectivity index (χ4n) is 3.47. The quantitative estimate of drug-likeness (QED) is 0.102. The Morgan fingerprint density at radius 3 is 1.76 bits per heavy atom. The summed E-state index contributed by atoms with van der Waals surface area (Å²) < 4.78 is 31.8. The summed E-state index contributed by atoms with van der Waals surface area (Å²) in [6, 6.07) is 19.7. The van der Waals surface area contributed by atoms with Gasteiger partial charge in [-0.3, -0.25) is 0 Å². The van der Waals surface area contributed by atoms with Gasteiger partial charge in [0.05, 0.1) is 18.8 Å². The van der Waals surface area contributed by atoms with Crippen molar-refractivity contribution in [2.75, 3.05) is 39.6 Å². The van der Waals surface area contributed by atoms with Crippen molar-refractivity contribution in [2.45, 2.75) is 6.92 Å². The minimum atomic E-state index is -0.493. The van der Waals surface area contributed by atoms with Crippen molar-refractivity contribution in [3.8, 4) is 28.4 Å². The molecule has 0 aliphatic carbocycles. The van der Waals surface area contributed by atoms with E-state index in [0.717, 1.165) is 28.8 Å². The number of benzene rings is 3. The topological polar surface area (TPSA) is 107 Å². The lowest BCUT2D eigenvalue weighted by Crippen LogP contribution is -2.12. The molecule has 0 aliphatic heterocycles. The van der Waals surface area contributed by atoms with Gasteiger partial charge in [0.15, 0.2) is 0 Å². The van der Waals surface area contributed by atoms with Crippen LogP contribution in [0.15, 0.2) is 92.0 Å². The highest BCUT2D eigenvalue weighted by Gasteiger charge is 2.12.